The standard InChI is InChI=1S/C16H22ClFN2O/c1-3-4-9-21-10-5-8-20-15-7-6-13(18)11-14(15)19-16(20)12(2)17/h6-7,11-12H,3-5,8-10H2,1-2H3. The van der Waals surface area contributed by atoms with Gasteiger partial charge in [-0.3, -0.25) is 0 Å². The Labute approximate surface area is 130 Å². The summed E-state index contributed by atoms with van der Waals surface area (Å²) in [6.07, 6.45) is 3.13. The molecule has 1 aromatic heterocycles. The summed E-state index contributed by atoms with van der Waals surface area (Å²) in [5, 5.41) is -0.207. The maximum atomic E-state index is 13.3. The first-order valence-corrected chi connectivity index (χ1v) is 7.94. The zero-order valence-corrected chi connectivity index (χ0v) is 13.4. The number of nitrogens with zero attached hydrogens (tertiary/aromatic N) is 2. The third kappa shape index (κ3) is 4.17. The molecular weight excluding hydrogens is 291 g/mol. The van der Waals surface area contributed by atoms with Crippen molar-refractivity contribution in [3.63, 3.8) is 0 Å². The second-order valence-corrected chi connectivity index (χ2v) is 5.84. The van der Waals surface area contributed by atoms with Gasteiger partial charge in [-0.15, -0.1) is 11.6 Å². The predicted molar refractivity (Wildman–Crippen MR) is 84.3 cm³/mol. The van der Waals surface area contributed by atoms with Crippen LogP contribution in [0.4, 0.5) is 4.39 Å². The van der Waals surface area contributed by atoms with Crippen LogP contribution < -0.4 is 0 Å². The number of ether oxygens (including phenoxy) is 1. The third-order valence-electron chi connectivity index (χ3n) is 3.41. The SMILES string of the molecule is CCCCOCCCn1c(C(C)Cl)nc2cc(F)ccc21. The molecule has 1 atom stereocenters. The van der Waals surface area contributed by atoms with Crippen LogP contribution in [-0.4, -0.2) is 22.8 Å². The van der Waals surface area contributed by atoms with Gasteiger partial charge in [-0.2, -0.15) is 0 Å². The van der Waals surface area contributed by atoms with Crippen molar-refractivity contribution in [2.24, 2.45) is 0 Å². The summed E-state index contributed by atoms with van der Waals surface area (Å²) in [5.41, 5.74) is 1.58. The van der Waals surface area contributed by atoms with Crippen molar-refractivity contribution in [1.82, 2.24) is 9.55 Å². The van der Waals surface area contributed by atoms with Crippen LogP contribution in [0.3, 0.4) is 0 Å². The van der Waals surface area contributed by atoms with E-state index in [1.165, 1.54) is 12.1 Å². The van der Waals surface area contributed by atoms with Gasteiger partial charge in [0.25, 0.3) is 0 Å². The highest BCUT2D eigenvalue weighted by Crippen LogP contribution is 2.25. The minimum atomic E-state index is -0.274. The smallest absolute Gasteiger partial charge is 0.127 e. The van der Waals surface area contributed by atoms with Crippen molar-refractivity contribution in [2.75, 3.05) is 13.2 Å². The zero-order chi connectivity index (χ0) is 15.2. The second kappa shape index (κ2) is 7.76. The van der Waals surface area contributed by atoms with Gasteiger partial charge in [-0.05, 0) is 31.9 Å². The van der Waals surface area contributed by atoms with Crippen LogP contribution in [0.1, 0.15) is 44.3 Å². The molecule has 1 heterocycles. The summed E-state index contributed by atoms with van der Waals surface area (Å²) in [6, 6.07) is 4.67. The average Bonchev–Trinajstić information content (AvgIpc) is 2.80. The van der Waals surface area contributed by atoms with Crippen LogP contribution in [0.2, 0.25) is 0 Å². The van der Waals surface area contributed by atoms with Crippen LogP contribution in [-0.2, 0) is 11.3 Å². The highest BCUT2D eigenvalue weighted by Gasteiger charge is 2.15. The molecule has 0 aliphatic heterocycles. The summed E-state index contributed by atoms with van der Waals surface area (Å²) in [4.78, 5) is 4.45. The van der Waals surface area contributed by atoms with Gasteiger partial charge in [-0.25, -0.2) is 9.37 Å². The number of alkyl halides is 1. The zero-order valence-electron chi connectivity index (χ0n) is 12.6. The Balaban J connectivity index is 2.08. The van der Waals surface area contributed by atoms with Crippen molar-refractivity contribution in [1.29, 1.82) is 0 Å². The fourth-order valence-electron chi connectivity index (χ4n) is 2.33. The lowest BCUT2D eigenvalue weighted by molar-refractivity contribution is 0.126. The fourth-order valence-corrected chi connectivity index (χ4v) is 2.50. The lowest BCUT2D eigenvalue weighted by Gasteiger charge is -2.10. The van der Waals surface area contributed by atoms with E-state index in [0.29, 0.717) is 5.52 Å². The molecular formula is C16H22ClFN2O. The van der Waals surface area contributed by atoms with E-state index in [4.69, 9.17) is 16.3 Å². The summed E-state index contributed by atoms with van der Waals surface area (Å²) in [5.74, 6) is 0.509. The lowest BCUT2D eigenvalue weighted by Crippen LogP contribution is -2.07. The van der Waals surface area contributed by atoms with E-state index >= 15 is 0 Å². The lowest BCUT2D eigenvalue weighted by atomic mass is 10.3. The van der Waals surface area contributed by atoms with Crippen LogP contribution in [0.25, 0.3) is 11.0 Å². The van der Waals surface area contributed by atoms with Crippen molar-refractivity contribution in [3.8, 4) is 0 Å². The normalized spacial score (nSPS) is 13.0. The number of fused-ring (bicyclic) bond motifs is 1. The summed E-state index contributed by atoms with van der Waals surface area (Å²) in [7, 11) is 0. The van der Waals surface area contributed by atoms with Gasteiger partial charge in [0.15, 0.2) is 0 Å². The maximum absolute atomic E-state index is 13.3. The van der Waals surface area contributed by atoms with E-state index in [0.717, 1.165) is 50.4 Å². The van der Waals surface area contributed by atoms with E-state index in [9.17, 15) is 4.39 Å². The molecule has 1 aromatic carbocycles. The Morgan fingerprint density at radius 2 is 2.10 bits per heavy atom. The third-order valence-corrected chi connectivity index (χ3v) is 3.60. The average molecular weight is 313 g/mol. The first-order valence-electron chi connectivity index (χ1n) is 7.51. The number of benzene rings is 1. The Bertz CT molecular complexity index is 583. The first kappa shape index (κ1) is 16.2. The Kier molecular flexibility index (Phi) is 6.00. The minimum Gasteiger partial charge on any atom is -0.381 e. The van der Waals surface area contributed by atoms with Gasteiger partial charge >= 0.3 is 0 Å². The minimum absolute atomic E-state index is 0.207. The number of imidazole rings is 1. The molecule has 2 rings (SSSR count). The van der Waals surface area contributed by atoms with Gasteiger partial charge in [0.05, 0.1) is 16.4 Å². The van der Waals surface area contributed by atoms with E-state index < -0.39 is 0 Å². The topological polar surface area (TPSA) is 27.1 Å². The van der Waals surface area contributed by atoms with Gasteiger partial charge in [0.2, 0.25) is 0 Å². The molecule has 116 valence electrons. The van der Waals surface area contributed by atoms with Gasteiger partial charge in [-0.1, -0.05) is 13.3 Å². The molecule has 0 aliphatic rings. The summed E-state index contributed by atoms with van der Waals surface area (Å²) in [6.45, 7) is 6.34. The Hall–Kier alpha value is -1.13. The Morgan fingerprint density at radius 1 is 1.33 bits per heavy atom. The van der Waals surface area contributed by atoms with Crippen LogP contribution >= 0.6 is 11.6 Å². The van der Waals surface area contributed by atoms with Gasteiger partial charge < -0.3 is 9.30 Å². The van der Waals surface area contributed by atoms with E-state index in [2.05, 4.69) is 16.5 Å². The molecule has 5 heteroatoms. The highest BCUT2D eigenvalue weighted by molar-refractivity contribution is 6.20. The number of halogens is 2. The molecule has 3 nitrogen and oxygen atoms in total. The Morgan fingerprint density at radius 3 is 2.81 bits per heavy atom. The molecule has 0 fully saturated rings. The van der Waals surface area contributed by atoms with Crippen molar-refractivity contribution in [3.05, 3.63) is 29.8 Å². The van der Waals surface area contributed by atoms with Crippen molar-refractivity contribution in [2.45, 2.75) is 45.0 Å². The van der Waals surface area contributed by atoms with Crippen molar-refractivity contribution < 1.29 is 9.13 Å². The molecule has 2 aromatic rings. The van der Waals surface area contributed by atoms with Crippen LogP contribution in [0.5, 0.6) is 0 Å². The van der Waals surface area contributed by atoms with Gasteiger partial charge in [0, 0.05) is 25.8 Å². The van der Waals surface area contributed by atoms with Gasteiger partial charge in [0.1, 0.15) is 11.6 Å². The quantitative estimate of drug-likeness (QED) is 0.522. The molecule has 0 spiro atoms. The van der Waals surface area contributed by atoms with E-state index in [-0.39, 0.29) is 11.2 Å². The molecule has 0 bridgehead atoms. The monoisotopic (exact) mass is 312 g/mol. The number of rotatable bonds is 8. The number of hydrogen-bond donors (Lipinski definition) is 0. The maximum Gasteiger partial charge on any atom is 0.127 e. The first-order chi connectivity index (χ1) is 10.1. The van der Waals surface area contributed by atoms with E-state index in [1.54, 1.807) is 6.07 Å². The highest BCUT2D eigenvalue weighted by atomic mass is 35.5. The number of aryl methyl sites for hydroxylation is 1. The molecule has 1 unspecified atom stereocenters. The number of hydrogen-bond acceptors (Lipinski definition) is 2. The fraction of sp³-hybridized carbons (Fsp3) is 0.562. The second-order valence-electron chi connectivity index (χ2n) is 5.19. The molecule has 0 amide bonds. The molecule has 0 radical (unpaired) electrons. The number of aromatic nitrogens is 2. The van der Waals surface area contributed by atoms with Crippen molar-refractivity contribution >= 4 is 22.6 Å². The molecule has 0 N–H and O–H groups in total. The summed E-state index contributed by atoms with van der Waals surface area (Å²) >= 11 is 6.19. The summed E-state index contributed by atoms with van der Waals surface area (Å²) < 4.78 is 20.9. The van der Waals surface area contributed by atoms with Crippen LogP contribution in [0.15, 0.2) is 18.2 Å². The molecule has 0 aliphatic carbocycles. The van der Waals surface area contributed by atoms with Crippen LogP contribution in [0, 0.1) is 5.82 Å². The molecule has 0 saturated heterocycles. The van der Waals surface area contributed by atoms with E-state index in [1.807, 2.05) is 6.92 Å². The predicted octanol–water partition coefficient (Wildman–Crippen LogP) is 4.68. The largest absolute Gasteiger partial charge is 0.381 e. The number of unbranched alkanes of at least 4 members (excludes halogenated alkanes) is 1. The molecule has 0 saturated carbocycles. The molecule has 21 heavy (non-hydrogen) atoms.